The first-order chi connectivity index (χ1) is 18.9. The number of likely N-dealkylation sites (N-methyl/N-ethyl adjacent to an activating group) is 1. The highest BCUT2D eigenvalue weighted by Crippen LogP contribution is 2.33. The number of rotatable bonds is 6. The van der Waals surface area contributed by atoms with E-state index in [9.17, 15) is 14.4 Å². The third kappa shape index (κ3) is 6.42. The summed E-state index contributed by atoms with van der Waals surface area (Å²) in [6.45, 7) is 3.40. The lowest BCUT2D eigenvalue weighted by molar-refractivity contribution is -0.134. The highest BCUT2D eigenvalue weighted by Gasteiger charge is 2.39. The number of benzene rings is 2. The van der Waals surface area contributed by atoms with Crippen LogP contribution in [0.15, 0.2) is 48.5 Å². The molecule has 9 nitrogen and oxygen atoms in total. The number of amides is 3. The van der Waals surface area contributed by atoms with E-state index < -0.39 is 0 Å². The predicted octanol–water partition coefficient (Wildman–Crippen LogP) is 3.70. The first-order valence-corrected chi connectivity index (χ1v) is 13.8. The Kier molecular flexibility index (Phi) is 8.47. The fourth-order valence-electron chi connectivity index (χ4n) is 5.64. The van der Waals surface area contributed by atoms with Gasteiger partial charge >= 0.3 is 0 Å². The Bertz CT molecular complexity index is 1180. The number of nitrogens with zero attached hydrogens (tertiary/aromatic N) is 1. The Balaban J connectivity index is 1.21. The number of anilines is 1. The van der Waals surface area contributed by atoms with Gasteiger partial charge < -0.3 is 29.7 Å². The largest absolute Gasteiger partial charge is 0.490 e. The van der Waals surface area contributed by atoms with Gasteiger partial charge in [-0.1, -0.05) is 30.3 Å². The lowest BCUT2D eigenvalue weighted by Crippen LogP contribution is -2.54. The molecule has 0 spiro atoms. The SMILES string of the molecule is C[C@@H](NC(=O)C[C@H]1CC[C@H]2[C@@H](COc3ccc(NC(=O)C4CCOCC4)cc3C(=O)N2C)O1)c1ccccc1. The van der Waals surface area contributed by atoms with Crippen molar-refractivity contribution in [1.29, 1.82) is 0 Å². The fourth-order valence-corrected chi connectivity index (χ4v) is 5.64. The van der Waals surface area contributed by atoms with Crippen LogP contribution in [0.4, 0.5) is 5.69 Å². The van der Waals surface area contributed by atoms with Crippen LogP contribution in [0.5, 0.6) is 5.75 Å². The van der Waals surface area contributed by atoms with Crippen LogP contribution in [0.25, 0.3) is 0 Å². The van der Waals surface area contributed by atoms with Gasteiger partial charge in [-0.15, -0.1) is 0 Å². The Labute approximate surface area is 229 Å². The Morgan fingerprint density at radius 3 is 2.59 bits per heavy atom. The summed E-state index contributed by atoms with van der Waals surface area (Å²) in [4.78, 5) is 40.6. The van der Waals surface area contributed by atoms with Crippen molar-refractivity contribution in [3.63, 3.8) is 0 Å². The molecule has 208 valence electrons. The van der Waals surface area contributed by atoms with Crippen LogP contribution in [0.3, 0.4) is 0 Å². The second-order valence-electron chi connectivity index (χ2n) is 10.7. The van der Waals surface area contributed by atoms with Gasteiger partial charge in [-0.25, -0.2) is 0 Å². The lowest BCUT2D eigenvalue weighted by atomic mass is 9.94. The van der Waals surface area contributed by atoms with E-state index in [1.165, 1.54) is 0 Å². The van der Waals surface area contributed by atoms with Gasteiger partial charge in [0.2, 0.25) is 11.8 Å². The van der Waals surface area contributed by atoms with Crippen molar-refractivity contribution in [3.05, 3.63) is 59.7 Å². The summed E-state index contributed by atoms with van der Waals surface area (Å²) in [5, 5.41) is 6.01. The molecule has 0 bridgehead atoms. The summed E-state index contributed by atoms with van der Waals surface area (Å²) in [6, 6.07) is 14.8. The topological polar surface area (TPSA) is 106 Å². The zero-order valence-corrected chi connectivity index (χ0v) is 22.6. The van der Waals surface area contributed by atoms with Gasteiger partial charge in [0.15, 0.2) is 0 Å². The van der Waals surface area contributed by atoms with Crippen LogP contribution in [-0.4, -0.2) is 67.7 Å². The quantitative estimate of drug-likeness (QED) is 0.584. The third-order valence-electron chi connectivity index (χ3n) is 7.96. The standard InChI is InChI=1S/C30H37N3O6/c1-19(20-6-4-3-5-7-20)31-28(34)17-23-9-10-25-27(39-23)18-38-26-11-8-22(16-24(26)30(36)33(25)2)32-29(35)21-12-14-37-15-13-21/h3-8,11,16,19,21,23,25,27H,9-10,12-15,17-18H2,1-2H3,(H,31,34)(H,32,35)/t19-,23-,25+,27-/m1/s1. The molecule has 2 aromatic carbocycles. The number of hydrogen-bond donors (Lipinski definition) is 2. The Morgan fingerprint density at radius 2 is 1.82 bits per heavy atom. The predicted molar refractivity (Wildman–Crippen MR) is 146 cm³/mol. The monoisotopic (exact) mass is 535 g/mol. The van der Waals surface area contributed by atoms with Gasteiger partial charge in [0.25, 0.3) is 5.91 Å². The van der Waals surface area contributed by atoms with E-state index in [0.717, 1.165) is 5.56 Å². The maximum absolute atomic E-state index is 13.5. The summed E-state index contributed by atoms with van der Waals surface area (Å²) >= 11 is 0. The second-order valence-corrected chi connectivity index (χ2v) is 10.7. The second kappa shape index (κ2) is 12.2. The third-order valence-corrected chi connectivity index (χ3v) is 7.96. The average molecular weight is 536 g/mol. The molecule has 0 unspecified atom stereocenters. The van der Waals surface area contributed by atoms with Crippen LogP contribution in [0, 0.1) is 5.92 Å². The van der Waals surface area contributed by atoms with Gasteiger partial charge in [-0.05, 0) is 56.4 Å². The number of fused-ring (bicyclic) bond motifs is 2. The van der Waals surface area contributed by atoms with E-state index in [0.29, 0.717) is 55.9 Å². The molecule has 0 aliphatic carbocycles. The maximum Gasteiger partial charge on any atom is 0.257 e. The molecule has 2 N–H and O–H groups in total. The molecule has 2 fully saturated rings. The van der Waals surface area contributed by atoms with Crippen molar-refractivity contribution in [2.24, 2.45) is 5.92 Å². The summed E-state index contributed by atoms with van der Waals surface area (Å²) in [6.07, 6.45) is 2.42. The van der Waals surface area contributed by atoms with Gasteiger partial charge in [-0.2, -0.15) is 0 Å². The van der Waals surface area contributed by atoms with Crippen molar-refractivity contribution >= 4 is 23.4 Å². The van der Waals surface area contributed by atoms with E-state index in [1.807, 2.05) is 37.3 Å². The molecule has 3 aliphatic heterocycles. The minimum atomic E-state index is -0.349. The van der Waals surface area contributed by atoms with E-state index in [4.69, 9.17) is 14.2 Å². The van der Waals surface area contributed by atoms with E-state index in [2.05, 4.69) is 10.6 Å². The first-order valence-electron chi connectivity index (χ1n) is 13.8. The normalized spacial score (nSPS) is 24.3. The molecular formula is C30H37N3O6. The molecule has 0 saturated carbocycles. The van der Waals surface area contributed by atoms with E-state index >= 15 is 0 Å². The molecule has 3 aliphatic rings. The molecule has 2 aromatic rings. The van der Waals surface area contributed by atoms with E-state index in [1.54, 1.807) is 30.1 Å². The zero-order chi connectivity index (χ0) is 27.4. The number of hydrogen-bond acceptors (Lipinski definition) is 6. The van der Waals surface area contributed by atoms with Crippen LogP contribution in [0.1, 0.15) is 61.0 Å². The number of ether oxygens (including phenoxy) is 3. The molecule has 4 atom stereocenters. The summed E-state index contributed by atoms with van der Waals surface area (Å²) in [5.41, 5.74) is 2.04. The Morgan fingerprint density at radius 1 is 1.05 bits per heavy atom. The van der Waals surface area contributed by atoms with Gasteiger partial charge in [0.1, 0.15) is 18.5 Å². The fraction of sp³-hybridized carbons (Fsp3) is 0.500. The average Bonchev–Trinajstić information content (AvgIpc) is 2.96. The minimum Gasteiger partial charge on any atom is -0.490 e. The zero-order valence-electron chi connectivity index (χ0n) is 22.6. The molecule has 0 radical (unpaired) electrons. The number of carbonyl (C=O) groups excluding carboxylic acids is 3. The molecule has 9 heteroatoms. The van der Waals surface area contributed by atoms with Crippen LogP contribution < -0.4 is 15.4 Å². The summed E-state index contributed by atoms with van der Waals surface area (Å²) < 4.78 is 17.7. The highest BCUT2D eigenvalue weighted by molar-refractivity contribution is 6.00. The van der Waals surface area contributed by atoms with Crippen LogP contribution in [0.2, 0.25) is 0 Å². The molecule has 3 amide bonds. The van der Waals surface area contributed by atoms with Crippen LogP contribution in [-0.2, 0) is 19.1 Å². The summed E-state index contributed by atoms with van der Waals surface area (Å²) in [7, 11) is 1.78. The van der Waals surface area contributed by atoms with Crippen LogP contribution >= 0.6 is 0 Å². The molecule has 3 heterocycles. The van der Waals surface area contributed by atoms with Crippen molar-refractivity contribution in [1.82, 2.24) is 10.2 Å². The molecule has 0 aromatic heterocycles. The maximum atomic E-state index is 13.5. The highest BCUT2D eigenvalue weighted by atomic mass is 16.5. The first kappa shape index (κ1) is 27.1. The molecule has 5 rings (SSSR count). The van der Waals surface area contributed by atoms with Gasteiger partial charge in [-0.3, -0.25) is 14.4 Å². The lowest BCUT2D eigenvalue weighted by Gasteiger charge is -2.42. The van der Waals surface area contributed by atoms with Gasteiger partial charge in [0.05, 0.1) is 30.2 Å². The smallest absolute Gasteiger partial charge is 0.257 e. The minimum absolute atomic E-state index is 0.0557. The molecular weight excluding hydrogens is 498 g/mol. The van der Waals surface area contributed by atoms with Crippen molar-refractivity contribution < 1.29 is 28.6 Å². The number of nitrogens with one attached hydrogen (secondary N) is 2. The van der Waals surface area contributed by atoms with E-state index in [-0.39, 0.29) is 61.0 Å². The number of carbonyl (C=O) groups is 3. The summed E-state index contributed by atoms with van der Waals surface area (Å²) in [5.74, 6) is 0.0615. The van der Waals surface area contributed by atoms with Crippen molar-refractivity contribution in [2.75, 3.05) is 32.2 Å². The van der Waals surface area contributed by atoms with Crippen molar-refractivity contribution in [2.45, 2.75) is 63.3 Å². The van der Waals surface area contributed by atoms with Gasteiger partial charge in [0, 0.05) is 31.9 Å². The Hall–Kier alpha value is -3.43. The molecule has 2 saturated heterocycles. The molecule has 39 heavy (non-hydrogen) atoms. The van der Waals surface area contributed by atoms with Crippen molar-refractivity contribution in [3.8, 4) is 5.75 Å².